The van der Waals surface area contributed by atoms with E-state index in [2.05, 4.69) is 4.98 Å². The first-order chi connectivity index (χ1) is 7.81. The van der Waals surface area contributed by atoms with Gasteiger partial charge in [0.05, 0.1) is 38.1 Å². The third kappa shape index (κ3) is 2.49. The Morgan fingerprint density at radius 3 is 3.25 bits per heavy atom. The van der Waals surface area contributed by atoms with Crippen LogP contribution in [0.25, 0.3) is 0 Å². The molecule has 2 heterocycles. The Kier molecular flexibility index (Phi) is 3.71. The lowest BCUT2D eigenvalue weighted by atomic mass is 10.2. The average Bonchev–Trinajstić information content (AvgIpc) is 2.83. The van der Waals surface area contributed by atoms with Crippen molar-refractivity contribution in [1.82, 2.24) is 9.88 Å². The predicted octanol–water partition coefficient (Wildman–Crippen LogP) is -0.110. The maximum atomic E-state index is 11.8. The van der Waals surface area contributed by atoms with Crippen molar-refractivity contribution in [2.24, 2.45) is 0 Å². The van der Waals surface area contributed by atoms with Crippen molar-refractivity contribution in [2.75, 3.05) is 32.9 Å². The van der Waals surface area contributed by atoms with Crippen LogP contribution in [0.2, 0.25) is 0 Å². The largest absolute Gasteiger partial charge is 0.395 e. The lowest BCUT2D eigenvalue weighted by Gasteiger charge is -2.33. The number of aliphatic hydroxyl groups is 1. The number of rotatable bonds is 4. The molecule has 16 heavy (non-hydrogen) atoms. The lowest BCUT2D eigenvalue weighted by Crippen LogP contribution is -2.49. The molecule has 2 N–H and O–H groups in total. The van der Waals surface area contributed by atoms with Gasteiger partial charge in [0.25, 0.3) is 0 Å². The summed E-state index contributed by atoms with van der Waals surface area (Å²) in [6.07, 6.45) is 1.73. The molecule has 0 aliphatic carbocycles. The summed E-state index contributed by atoms with van der Waals surface area (Å²) >= 11 is 0. The SMILES string of the molecule is O=C(CN1CCOCC1CO)c1ccc[nH]1. The van der Waals surface area contributed by atoms with Gasteiger partial charge in [-0.3, -0.25) is 9.69 Å². The second-order valence-corrected chi connectivity index (χ2v) is 3.89. The van der Waals surface area contributed by atoms with Gasteiger partial charge in [-0.15, -0.1) is 0 Å². The third-order valence-corrected chi connectivity index (χ3v) is 2.81. The Balaban J connectivity index is 1.95. The molecule has 0 radical (unpaired) electrons. The molecule has 1 aliphatic heterocycles. The Morgan fingerprint density at radius 1 is 1.69 bits per heavy atom. The highest BCUT2D eigenvalue weighted by Crippen LogP contribution is 2.08. The Morgan fingerprint density at radius 2 is 2.56 bits per heavy atom. The van der Waals surface area contributed by atoms with E-state index in [4.69, 9.17) is 9.84 Å². The van der Waals surface area contributed by atoms with E-state index >= 15 is 0 Å². The summed E-state index contributed by atoms with van der Waals surface area (Å²) in [5, 5.41) is 9.16. The Hall–Kier alpha value is -1.17. The number of aromatic nitrogens is 1. The summed E-state index contributed by atoms with van der Waals surface area (Å²) in [5.41, 5.74) is 0.614. The maximum Gasteiger partial charge on any atom is 0.192 e. The molecule has 0 saturated carbocycles. The summed E-state index contributed by atoms with van der Waals surface area (Å²) in [7, 11) is 0. The van der Waals surface area contributed by atoms with Crippen molar-refractivity contribution < 1.29 is 14.6 Å². The quantitative estimate of drug-likeness (QED) is 0.700. The van der Waals surface area contributed by atoms with E-state index in [-0.39, 0.29) is 18.4 Å². The highest BCUT2D eigenvalue weighted by Gasteiger charge is 2.24. The minimum atomic E-state index is -0.0623. The molecule has 0 amide bonds. The molecule has 1 unspecified atom stereocenters. The number of ether oxygens (including phenoxy) is 1. The number of carbonyl (C=O) groups is 1. The maximum absolute atomic E-state index is 11.8. The van der Waals surface area contributed by atoms with E-state index < -0.39 is 0 Å². The van der Waals surface area contributed by atoms with Crippen molar-refractivity contribution in [2.45, 2.75) is 6.04 Å². The molecule has 1 saturated heterocycles. The fourth-order valence-electron chi connectivity index (χ4n) is 1.84. The molecule has 1 aromatic rings. The summed E-state index contributed by atoms with van der Waals surface area (Å²) < 4.78 is 5.25. The standard InChI is InChI=1S/C11H16N2O3/c14-7-9-8-16-5-4-13(9)6-11(15)10-2-1-3-12-10/h1-3,9,12,14H,4-8H2. The molecular weight excluding hydrogens is 208 g/mol. The molecular formula is C11H16N2O3. The number of aromatic amines is 1. The zero-order chi connectivity index (χ0) is 11.4. The number of Topliss-reactive ketones (excluding diaryl/α,β-unsaturated/α-hetero) is 1. The fraction of sp³-hybridized carbons (Fsp3) is 0.545. The average molecular weight is 224 g/mol. The van der Waals surface area contributed by atoms with Crippen LogP contribution in [0.4, 0.5) is 0 Å². The number of nitrogens with zero attached hydrogens (tertiary/aromatic N) is 1. The number of hydrogen-bond acceptors (Lipinski definition) is 4. The van der Waals surface area contributed by atoms with Gasteiger partial charge in [-0.1, -0.05) is 0 Å². The molecule has 1 aromatic heterocycles. The van der Waals surface area contributed by atoms with Gasteiger partial charge in [0.1, 0.15) is 0 Å². The highest BCUT2D eigenvalue weighted by atomic mass is 16.5. The summed E-state index contributed by atoms with van der Waals surface area (Å²) in [4.78, 5) is 16.7. The number of aliphatic hydroxyl groups excluding tert-OH is 1. The third-order valence-electron chi connectivity index (χ3n) is 2.81. The molecule has 0 bridgehead atoms. The van der Waals surface area contributed by atoms with Crippen LogP contribution in [0.3, 0.4) is 0 Å². The van der Waals surface area contributed by atoms with Gasteiger partial charge >= 0.3 is 0 Å². The van der Waals surface area contributed by atoms with Gasteiger partial charge in [-0.25, -0.2) is 0 Å². The minimum absolute atomic E-state index is 0.0258. The molecule has 88 valence electrons. The van der Waals surface area contributed by atoms with Gasteiger partial charge in [-0.2, -0.15) is 0 Å². The van der Waals surface area contributed by atoms with E-state index in [1.807, 2.05) is 4.90 Å². The summed E-state index contributed by atoms with van der Waals surface area (Å²) in [6, 6.07) is 3.50. The smallest absolute Gasteiger partial charge is 0.192 e. The molecule has 1 fully saturated rings. The van der Waals surface area contributed by atoms with Crippen LogP contribution >= 0.6 is 0 Å². The normalized spacial score (nSPS) is 22.2. The van der Waals surface area contributed by atoms with Crippen LogP contribution in [-0.4, -0.2) is 59.7 Å². The van der Waals surface area contributed by atoms with Gasteiger partial charge in [0.2, 0.25) is 0 Å². The number of morpholine rings is 1. The van der Waals surface area contributed by atoms with E-state index in [1.165, 1.54) is 0 Å². The topological polar surface area (TPSA) is 65.6 Å². The molecule has 5 nitrogen and oxygen atoms in total. The fourth-order valence-corrected chi connectivity index (χ4v) is 1.84. The van der Waals surface area contributed by atoms with Gasteiger partial charge in [-0.05, 0) is 12.1 Å². The van der Waals surface area contributed by atoms with E-state index in [9.17, 15) is 4.79 Å². The van der Waals surface area contributed by atoms with Crippen LogP contribution in [0.5, 0.6) is 0 Å². The number of H-pyrrole nitrogens is 1. The van der Waals surface area contributed by atoms with Crippen LogP contribution in [-0.2, 0) is 4.74 Å². The number of nitrogens with one attached hydrogen (secondary N) is 1. The van der Waals surface area contributed by atoms with Crippen molar-refractivity contribution >= 4 is 5.78 Å². The second-order valence-electron chi connectivity index (χ2n) is 3.89. The first-order valence-electron chi connectivity index (χ1n) is 5.40. The first kappa shape index (κ1) is 11.3. The van der Waals surface area contributed by atoms with Crippen molar-refractivity contribution in [1.29, 1.82) is 0 Å². The second kappa shape index (κ2) is 5.25. The van der Waals surface area contributed by atoms with E-state index in [0.717, 1.165) is 0 Å². The summed E-state index contributed by atoms with van der Waals surface area (Å²) in [6.45, 7) is 2.16. The molecule has 0 aromatic carbocycles. The molecule has 1 atom stereocenters. The first-order valence-corrected chi connectivity index (χ1v) is 5.40. The van der Waals surface area contributed by atoms with E-state index in [0.29, 0.717) is 32.0 Å². The van der Waals surface area contributed by atoms with Crippen LogP contribution in [0.1, 0.15) is 10.5 Å². The van der Waals surface area contributed by atoms with Gasteiger partial charge in [0, 0.05) is 12.7 Å². The number of ketones is 1. The van der Waals surface area contributed by atoms with E-state index in [1.54, 1.807) is 18.3 Å². The van der Waals surface area contributed by atoms with Crippen molar-refractivity contribution in [3.05, 3.63) is 24.0 Å². The van der Waals surface area contributed by atoms with Gasteiger partial charge < -0.3 is 14.8 Å². The Bertz CT molecular complexity index is 337. The Labute approximate surface area is 94.0 Å². The van der Waals surface area contributed by atoms with Crippen LogP contribution < -0.4 is 0 Å². The molecule has 1 aliphatic rings. The van der Waals surface area contributed by atoms with Crippen LogP contribution in [0, 0.1) is 0 Å². The number of hydrogen-bond donors (Lipinski definition) is 2. The monoisotopic (exact) mass is 224 g/mol. The van der Waals surface area contributed by atoms with Crippen LogP contribution in [0.15, 0.2) is 18.3 Å². The predicted molar refractivity (Wildman–Crippen MR) is 58.4 cm³/mol. The zero-order valence-electron chi connectivity index (χ0n) is 9.06. The zero-order valence-corrected chi connectivity index (χ0v) is 9.06. The van der Waals surface area contributed by atoms with Gasteiger partial charge in [0.15, 0.2) is 5.78 Å². The number of carbonyl (C=O) groups excluding carboxylic acids is 1. The molecule has 5 heteroatoms. The lowest BCUT2D eigenvalue weighted by molar-refractivity contribution is -0.0241. The summed E-state index contributed by atoms with van der Waals surface area (Å²) in [5.74, 6) is 0.0466. The molecule has 0 spiro atoms. The minimum Gasteiger partial charge on any atom is -0.395 e. The van der Waals surface area contributed by atoms with Crippen molar-refractivity contribution in [3.63, 3.8) is 0 Å². The highest BCUT2D eigenvalue weighted by molar-refractivity contribution is 5.95. The van der Waals surface area contributed by atoms with Crippen molar-refractivity contribution in [3.8, 4) is 0 Å². The molecule has 2 rings (SSSR count).